The van der Waals surface area contributed by atoms with Crippen LogP contribution in [-0.4, -0.2) is 33.1 Å². The zero-order chi connectivity index (χ0) is 21.3. The number of cyclic esters (lactones) is 1. The van der Waals surface area contributed by atoms with Crippen molar-refractivity contribution in [2.45, 2.75) is 44.8 Å². The van der Waals surface area contributed by atoms with E-state index in [0.717, 1.165) is 27.5 Å². The Balaban J connectivity index is 1.84. The summed E-state index contributed by atoms with van der Waals surface area (Å²) in [6, 6.07) is 10.3. The van der Waals surface area contributed by atoms with Gasteiger partial charge in [0.2, 0.25) is 0 Å². The first kappa shape index (κ1) is 20.5. The predicted molar refractivity (Wildman–Crippen MR) is 115 cm³/mol. The van der Waals surface area contributed by atoms with Crippen LogP contribution in [0.15, 0.2) is 47.9 Å². The minimum absolute atomic E-state index is 0.0265. The molecule has 2 aromatic heterocycles. The Hall–Kier alpha value is -2.77. The fraction of sp³-hybridized carbons (Fsp3) is 0.304. The molecular weight excluding hydrogens is 403 g/mol. The maximum atomic E-state index is 13.6. The predicted octanol–water partition coefficient (Wildman–Crippen LogP) is 4.94. The highest BCUT2D eigenvalue weighted by Gasteiger charge is 2.26. The van der Waals surface area contributed by atoms with Crippen LogP contribution in [0.2, 0.25) is 0 Å². The van der Waals surface area contributed by atoms with Crippen LogP contribution in [-0.2, 0) is 9.53 Å². The number of thiophene rings is 1. The molecular formula is C23H23FN2O3S. The minimum atomic E-state index is -0.698. The summed E-state index contributed by atoms with van der Waals surface area (Å²) < 4.78 is 20.8. The molecule has 0 radical (unpaired) electrons. The molecule has 4 rings (SSSR count). The number of carbonyl (C=O) groups is 1. The summed E-state index contributed by atoms with van der Waals surface area (Å²) in [5.41, 5.74) is 3.47. The summed E-state index contributed by atoms with van der Waals surface area (Å²) in [6.07, 6.45) is 2.90. The summed E-state index contributed by atoms with van der Waals surface area (Å²) in [5.74, 6) is -0.560. The van der Waals surface area contributed by atoms with Crippen LogP contribution in [0.1, 0.15) is 43.9 Å². The molecule has 1 fully saturated rings. The average molecular weight is 427 g/mol. The van der Waals surface area contributed by atoms with E-state index in [1.807, 2.05) is 28.3 Å². The maximum absolute atomic E-state index is 13.6. The van der Waals surface area contributed by atoms with Crippen molar-refractivity contribution < 1.29 is 19.0 Å². The lowest BCUT2D eigenvalue weighted by Crippen LogP contribution is -2.31. The highest BCUT2D eigenvalue weighted by molar-refractivity contribution is 7.12. The fourth-order valence-electron chi connectivity index (χ4n) is 3.60. The first-order valence-corrected chi connectivity index (χ1v) is 10.8. The van der Waals surface area contributed by atoms with Crippen LogP contribution in [0.3, 0.4) is 0 Å². The lowest BCUT2D eigenvalue weighted by atomic mass is 9.98. The van der Waals surface area contributed by atoms with E-state index < -0.39 is 18.2 Å². The molecule has 0 amide bonds. The first-order valence-electron chi connectivity index (χ1n) is 9.91. The van der Waals surface area contributed by atoms with Gasteiger partial charge < -0.3 is 9.84 Å². The number of nitrogens with zero attached hydrogens (tertiary/aromatic N) is 2. The highest BCUT2D eigenvalue weighted by Crippen LogP contribution is 2.35. The quantitative estimate of drug-likeness (QED) is 0.587. The number of hydrogen-bond donors (Lipinski definition) is 1. The number of aliphatic hydroxyl groups is 1. The summed E-state index contributed by atoms with van der Waals surface area (Å²) >= 11 is 1.57. The third-order valence-corrected chi connectivity index (χ3v) is 5.84. The van der Waals surface area contributed by atoms with Crippen molar-refractivity contribution in [2.24, 2.45) is 0 Å². The molecule has 0 spiro atoms. The van der Waals surface area contributed by atoms with E-state index in [1.54, 1.807) is 29.5 Å². The number of esters is 1. The molecule has 1 N–H and O–H groups in total. The third kappa shape index (κ3) is 4.22. The van der Waals surface area contributed by atoms with Crippen molar-refractivity contribution >= 4 is 23.4 Å². The van der Waals surface area contributed by atoms with Gasteiger partial charge in [0, 0.05) is 17.5 Å². The first-order chi connectivity index (χ1) is 14.4. The summed E-state index contributed by atoms with van der Waals surface area (Å²) in [4.78, 5) is 11.7. The average Bonchev–Trinajstić information content (AvgIpc) is 3.34. The minimum Gasteiger partial charge on any atom is -0.458 e. The smallest absolute Gasteiger partial charge is 0.309 e. The number of halogens is 1. The van der Waals surface area contributed by atoms with Gasteiger partial charge in [-0.3, -0.25) is 4.79 Å². The molecule has 0 bridgehead atoms. The van der Waals surface area contributed by atoms with E-state index in [4.69, 9.17) is 9.84 Å². The van der Waals surface area contributed by atoms with E-state index in [0.29, 0.717) is 6.42 Å². The Kier molecular flexibility index (Phi) is 5.83. The summed E-state index contributed by atoms with van der Waals surface area (Å²) in [7, 11) is 0. The number of aromatic nitrogens is 2. The highest BCUT2D eigenvalue weighted by atomic mass is 32.1. The molecule has 2 atom stereocenters. The Morgan fingerprint density at radius 3 is 2.70 bits per heavy atom. The van der Waals surface area contributed by atoms with Gasteiger partial charge in [-0.15, -0.1) is 11.3 Å². The molecule has 5 nitrogen and oxygen atoms in total. The molecule has 0 saturated carbocycles. The third-order valence-electron chi connectivity index (χ3n) is 5.00. The lowest BCUT2D eigenvalue weighted by Gasteiger charge is -2.23. The summed E-state index contributed by atoms with van der Waals surface area (Å²) in [6.45, 7) is 4.13. The van der Waals surface area contributed by atoms with Gasteiger partial charge in [-0.25, -0.2) is 9.07 Å². The Morgan fingerprint density at radius 1 is 1.30 bits per heavy atom. The van der Waals surface area contributed by atoms with Crippen molar-refractivity contribution in [3.05, 3.63) is 64.9 Å². The molecule has 2 unspecified atom stereocenters. The van der Waals surface area contributed by atoms with E-state index in [-0.39, 0.29) is 18.2 Å². The van der Waals surface area contributed by atoms with Crippen molar-refractivity contribution in [3.8, 4) is 16.3 Å². The van der Waals surface area contributed by atoms with Crippen LogP contribution >= 0.6 is 11.3 Å². The van der Waals surface area contributed by atoms with Crippen LogP contribution in [0.4, 0.5) is 4.39 Å². The SMILES string of the molecule is CC(C)c1nn(-c2cccs2)c(-c2ccc(F)cc2)c1C=CC1CC(O)CC(=O)O1. The zero-order valence-corrected chi connectivity index (χ0v) is 17.6. The molecule has 156 valence electrons. The molecule has 3 aromatic rings. The maximum Gasteiger partial charge on any atom is 0.309 e. The van der Waals surface area contributed by atoms with Crippen LogP contribution < -0.4 is 0 Å². The zero-order valence-electron chi connectivity index (χ0n) is 16.8. The number of ether oxygens (including phenoxy) is 1. The van der Waals surface area contributed by atoms with Crippen molar-refractivity contribution in [2.75, 3.05) is 0 Å². The van der Waals surface area contributed by atoms with Crippen molar-refractivity contribution in [1.82, 2.24) is 9.78 Å². The van der Waals surface area contributed by atoms with Crippen molar-refractivity contribution in [1.29, 1.82) is 0 Å². The molecule has 3 heterocycles. The topological polar surface area (TPSA) is 64.3 Å². The molecule has 30 heavy (non-hydrogen) atoms. The molecule has 1 aliphatic rings. The van der Waals surface area contributed by atoms with Crippen LogP contribution in [0.25, 0.3) is 22.3 Å². The molecule has 1 aromatic carbocycles. The monoisotopic (exact) mass is 426 g/mol. The van der Waals surface area contributed by atoms with Crippen molar-refractivity contribution in [3.63, 3.8) is 0 Å². The van der Waals surface area contributed by atoms with Gasteiger partial charge in [0.05, 0.1) is 23.9 Å². The van der Waals surface area contributed by atoms with Crippen LogP contribution in [0.5, 0.6) is 0 Å². The molecule has 0 aliphatic carbocycles. The van der Waals surface area contributed by atoms with E-state index >= 15 is 0 Å². The van der Waals surface area contributed by atoms with Crippen LogP contribution in [0, 0.1) is 5.82 Å². The Bertz CT molecular complexity index is 1060. The summed E-state index contributed by atoms with van der Waals surface area (Å²) in [5, 5.41) is 17.7. The Morgan fingerprint density at radius 2 is 2.07 bits per heavy atom. The fourth-order valence-corrected chi connectivity index (χ4v) is 4.29. The lowest BCUT2D eigenvalue weighted by molar-refractivity contribution is -0.156. The number of aliphatic hydroxyl groups excluding tert-OH is 1. The Labute approximate surface area is 178 Å². The van der Waals surface area contributed by atoms with Gasteiger partial charge >= 0.3 is 5.97 Å². The number of benzene rings is 1. The normalized spacial score (nSPS) is 19.6. The largest absolute Gasteiger partial charge is 0.458 e. The second-order valence-electron chi connectivity index (χ2n) is 7.65. The van der Waals surface area contributed by atoms with Gasteiger partial charge in [-0.1, -0.05) is 19.9 Å². The number of carbonyl (C=O) groups excluding carboxylic acids is 1. The van der Waals surface area contributed by atoms with Gasteiger partial charge in [-0.05, 0) is 53.8 Å². The second-order valence-corrected chi connectivity index (χ2v) is 8.58. The second kappa shape index (κ2) is 8.53. The van der Waals surface area contributed by atoms with Gasteiger partial charge in [0.25, 0.3) is 0 Å². The van der Waals surface area contributed by atoms with Gasteiger partial charge in [-0.2, -0.15) is 5.10 Å². The van der Waals surface area contributed by atoms with E-state index in [2.05, 4.69) is 13.8 Å². The van der Waals surface area contributed by atoms with Gasteiger partial charge in [0.15, 0.2) is 0 Å². The molecule has 1 saturated heterocycles. The number of hydrogen-bond acceptors (Lipinski definition) is 5. The molecule has 7 heteroatoms. The van der Waals surface area contributed by atoms with E-state index in [1.165, 1.54) is 12.1 Å². The molecule has 1 aliphatic heterocycles. The number of rotatable bonds is 5. The van der Waals surface area contributed by atoms with Gasteiger partial charge in [0.1, 0.15) is 16.9 Å². The van der Waals surface area contributed by atoms with E-state index in [9.17, 15) is 14.3 Å². The standard InChI is InChI=1S/C23H23FN2O3S/c1-14(2)22-19(10-9-18-12-17(27)13-21(28)29-18)23(15-5-7-16(24)8-6-15)26(25-22)20-4-3-11-30-20/h3-11,14,17-18,27H,12-13H2,1-2H3.